The summed E-state index contributed by atoms with van der Waals surface area (Å²) in [6.45, 7) is 2.73. The molecule has 3 heteroatoms. The van der Waals surface area contributed by atoms with Crippen molar-refractivity contribution >= 4 is 5.97 Å². The number of nitrogens with zero attached hydrogens (tertiary/aromatic N) is 1. The van der Waals surface area contributed by atoms with Crippen LogP contribution in [0.4, 0.5) is 0 Å². The summed E-state index contributed by atoms with van der Waals surface area (Å²) < 4.78 is 5.17. The van der Waals surface area contributed by atoms with Gasteiger partial charge in [0.15, 0.2) is 0 Å². The zero-order valence-electron chi connectivity index (χ0n) is 10.5. The van der Waals surface area contributed by atoms with Crippen LogP contribution in [-0.2, 0) is 4.74 Å². The average Bonchev–Trinajstić information content (AvgIpc) is 2.38. The molecule has 0 atom stereocenters. The molecule has 0 N–H and O–H groups in total. The Bertz CT molecular complexity index is 311. The first-order chi connectivity index (χ1) is 8.34. The summed E-state index contributed by atoms with van der Waals surface area (Å²) in [5, 5.41) is 0. The Morgan fingerprint density at radius 1 is 1.12 bits per heavy atom. The van der Waals surface area contributed by atoms with E-state index >= 15 is 0 Å². The van der Waals surface area contributed by atoms with Crippen LogP contribution < -0.4 is 0 Å². The first-order valence-corrected chi connectivity index (χ1v) is 6.41. The maximum atomic E-state index is 11.5. The predicted octanol–water partition coefficient (Wildman–Crippen LogP) is 3.60. The van der Waals surface area contributed by atoms with Crippen LogP contribution in [0.15, 0.2) is 24.5 Å². The van der Waals surface area contributed by atoms with Crippen LogP contribution in [0, 0.1) is 0 Å². The van der Waals surface area contributed by atoms with Gasteiger partial charge in [0.1, 0.15) is 0 Å². The quantitative estimate of drug-likeness (QED) is 0.510. The minimum absolute atomic E-state index is 0.249. The lowest BCUT2D eigenvalue weighted by atomic mass is 10.1. The molecular weight excluding hydrogens is 214 g/mol. The number of hydrogen-bond donors (Lipinski definition) is 0. The number of unbranched alkanes of at least 4 members (excludes halogenated alkanes) is 5. The molecule has 0 saturated carbocycles. The molecule has 1 heterocycles. The Balaban J connectivity index is 2.05. The number of aromatic nitrogens is 1. The van der Waals surface area contributed by atoms with Crippen LogP contribution in [0.3, 0.4) is 0 Å². The van der Waals surface area contributed by atoms with E-state index in [0.29, 0.717) is 12.2 Å². The van der Waals surface area contributed by atoms with Gasteiger partial charge in [-0.25, -0.2) is 4.79 Å². The van der Waals surface area contributed by atoms with Crippen molar-refractivity contribution in [3.63, 3.8) is 0 Å². The van der Waals surface area contributed by atoms with Gasteiger partial charge in [0, 0.05) is 12.4 Å². The number of ether oxygens (including phenoxy) is 1. The van der Waals surface area contributed by atoms with Gasteiger partial charge in [0.05, 0.1) is 12.2 Å². The second-order valence-corrected chi connectivity index (χ2v) is 4.14. The van der Waals surface area contributed by atoms with Gasteiger partial charge in [0.25, 0.3) is 0 Å². The number of esters is 1. The lowest BCUT2D eigenvalue weighted by Gasteiger charge is -2.04. The smallest absolute Gasteiger partial charge is 0.338 e. The van der Waals surface area contributed by atoms with E-state index in [1.807, 2.05) is 0 Å². The van der Waals surface area contributed by atoms with Crippen molar-refractivity contribution in [1.29, 1.82) is 0 Å². The molecule has 0 aliphatic heterocycles. The fourth-order valence-electron chi connectivity index (χ4n) is 1.62. The minimum atomic E-state index is -0.249. The molecular formula is C14H21NO2. The van der Waals surface area contributed by atoms with Crippen LogP contribution in [0.1, 0.15) is 55.8 Å². The lowest BCUT2D eigenvalue weighted by molar-refractivity contribution is 0.0497. The van der Waals surface area contributed by atoms with Gasteiger partial charge in [-0.1, -0.05) is 39.0 Å². The van der Waals surface area contributed by atoms with Crippen molar-refractivity contribution in [2.75, 3.05) is 6.61 Å². The molecule has 1 aromatic rings. The maximum absolute atomic E-state index is 11.5. The van der Waals surface area contributed by atoms with Crippen LogP contribution in [0.25, 0.3) is 0 Å². The molecule has 17 heavy (non-hydrogen) atoms. The number of rotatable bonds is 8. The summed E-state index contributed by atoms with van der Waals surface area (Å²) in [6.07, 6.45) is 10.4. The van der Waals surface area contributed by atoms with Gasteiger partial charge in [-0.3, -0.25) is 4.98 Å². The van der Waals surface area contributed by atoms with E-state index in [1.165, 1.54) is 25.7 Å². The van der Waals surface area contributed by atoms with Gasteiger partial charge < -0.3 is 4.74 Å². The van der Waals surface area contributed by atoms with Gasteiger partial charge >= 0.3 is 5.97 Å². The van der Waals surface area contributed by atoms with E-state index in [-0.39, 0.29) is 5.97 Å². The van der Waals surface area contributed by atoms with Gasteiger partial charge in [-0.05, 0) is 18.6 Å². The molecule has 0 aliphatic rings. The fraction of sp³-hybridized carbons (Fsp3) is 0.571. The normalized spacial score (nSPS) is 10.2. The van der Waals surface area contributed by atoms with E-state index < -0.39 is 0 Å². The van der Waals surface area contributed by atoms with Crippen molar-refractivity contribution in [3.05, 3.63) is 30.1 Å². The molecule has 0 unspecified atom stereocenters. The third-order valence-corrected chi connectivity index (χ3v) is 2.65. The Labute approximate surface area is 103 Å². The number of carbonyl (C=O) groups excluding carboxylic acids is 1. The second kappa shape index (κ2) is 8.74. The standard InChI is InChI=1S/C14H21NO2/c1-2-3-4-5-6-7-12-17-14(16)13-8-10-15-11-9-13/h8-11H,2-7,12H2,1H3. The molecule has 94 valence electrons. The molecule has 0 aromatic carbocycles. The van der Waals surface area contributed by atoms with Crippen LogP contribution in [0.5, 0.6) is 0 Å². The van der Waals surface area contributed by atoms with Crippen LogP contribution >= 0.6 is 0 Å². The molecule has 0 radical (unpaired) electrons. The Morgan fingerprint density at radius 3 is 2.47 bits per heavy atom. The van der Waals surface area contributed by atoms with Gasteiger partial charge in [-0.2, -0.15) is 0 Å². The highest BCUT2D eigenvalue weighted by Gasteiger charge is 2.04. The summed E-state index contributed by atoms with van der Waals surface area (Å²) in [5.41, 5.74) is 0.575. The van der Waals surface area contributed by atoms with Crippen LogP contribution in [0.2, 0.25) is 0 Å². The molecule has 1 aromatic heterocycles. The van der Waals surface area contributed by atoms with Crippen molar-refractivity contribution in [2.24, 2.45) is 0 Å². The highest BCUT2D eigenvalue weighted by molar-refractivity contribution is 5.89. The monoisotopic (exact) mass is 235 g/mol. The molecule has 1 rings (SSSR count). The van der Waals surface area contributed by atoms with E-state index in [0.717, 1.165) is 12.8 Å². The Morgan fingerprint density at radius 2 is 1.76 bits per heavy atom. The summed E-state index contributed by atoms with van der Waals surface area (Å²) >= 11 is 0. The number of hydrogen-bond acceptors (Lipinski definition) is 3. The lowest BCUT2D eigenvalue weighted by Crippen LogP contribution is -2.06. The summed E-state index contributed by atoms with van der Waals surface area (Å²) in [6, 6.07) is 3.34. The van der Waals surface area contributed by atoms with E-state index in [9.17, 15) is 4.79 Å². The average molecular weight is 235 g/mol. The van der Waals surface area contributed by atoms with Gasteiger partial charge in [0.2, 0.25) is 0 Å². The molecule has 0 amide bonds. The fourth-order valence-corrected chi connectivity index (χ4v) is 1.62. The minimum Gasteiger partial charge on any atom is -0.462 e. The summed E-state index contributed by atoms with van der Waals surface area (Å²) in [5.74, 6) is -0.249. The van der Waals surface area contributed by atoms with Crippen molar-refractivity contribution in [2.45, 2.75) is 45.4 Å². The molecule has 3 nitrogen and oxygen atoms in total. The van der Waals surface area contributed by atoms with Gasteiger partial charge in [-0.15, -0.1) is 0 Å². The molecule has 0 saturated heterocycles. The van der Waals surface area contributed by atoms with Crippen LogP contribution in [-0.4, -0.2) is 17.6 Å². The third kappa shape index (κ3) is 6.05. The first kappa shape index (κ1) is 13.7. The molecule has 0 spiro atoms. The van der Waals surface area contributed by atoms with E-state index in [1.54, 1.807) is 24.5 Å². The highest BCUT2D eigenvalue weighted by atomic mass is 16.5. The van der Waals surface area contributed by atoms with E-state index in [4.69, 9.17) is 4.74 Å². The Hall–Kier alpha value is -1.38. The first-order valence-electron chi connectivity index (χ1n) is 6.41. The predicted molar refractivity (Wildman–Crippen MR) is 67.9 cm³/mol. The van der Waals surface area contributed by atoms with Crippen molar-refractivity contribution < 1.29 is 9.53 Å². The maximum Gasteiger partial charge on any atom is 0.338 e. The zero-order valence-corrected chi connectivity index (χ0v) is 10.5. The van der Waals surface area contributed by atoms with Crippen molar-refractivity contribution in [3.8, 4) is 0 Å². The molecule has 0 bridgehead atoms. The second-order valence-electron chi connectivity index (χ2n) is 4.14. The summed E-state index contributed by atoms with van der Waals surface area (Å²) in [7, 11) is 0. The largest absolute Gasteiger partial charge is 0.462 e. The van der Waals surface area contributed by atoms with E-state index in [2.05, 4.69) is 11.9 Å². The highest BCUT2D eigenvalue weighted by Crippen LogP contribution is 2.06. The topological polar surface area (TPSA) is 39.2 Å². The third-order valence-electron chi connectivity index (χ3n) is 2.65. The zero-order chi connectivity index (χ0) is 12.3. The number of carbonyl (C=O) groups is 1. The number of pyridine rings is 1. The Kier molecular flexibility index (Phi) is 7.03. The summed E-state index contributed by atoms with van der Waals surface area (Å²) in [4.78, 5) is 15.4. The van der Waals surface area contributed by atoms with Crippen molar-refractivity contribution in [1.82, 2.24) is 4.98 Å². The molecule has 0 fully saturated rings. The SMILES string of the molecule is CCCCCCCCOC(=O)c1ccncc1. The molecule has 0 aliphatic carbocycles.